The lowest BCUT2D eigenvalue weighted by Crippen LogP contribution is -2.43. The normalized spacial score (nSPS) is 18.3. The maximum atomic E-state index is 12.2. The Labute approximate surface area is 181 Å². The van der Waals surface area contributed by atoms with E-state index < -0.39 is 0 Å². The molecular formula is C19H28BrIN4O. The number of guanidine groups is 1. The van der Waals surface area contributed by atoms with Crippen molar-refractivity contribution in [3.63, 3.8) is 0 Å². The van der Waals surface area contributed by atoms with E-state index in [2.05, 4.69) is 36.5 Å². The van der Waals surface area contributed by atoms with Crippen molar-refractivity contribution >= 4 is 57.5 Å². The van der Waals surface area contributed by atoms with Crippen LogP contribution in [-0.2, 0) is 4.79 Å². The van der Waals surface area contributed by atoms with Crippen molar-refractivity contribution in [1.29, 1.82) is 0 Å². The molecule has 0 aromatic heterocycles. The molecule has 26 heavy (non-hydrogen) atoms. The molecule has 144 valence electrons. The first kappa shape index (κ1) is 21.5. The number of carbonyl (C=O) groups is 1. The summed E-state index contributed by atoms with van der Waals surface area (Å²) in [6, 6.07) is 5.86. The largest absolute Gasteiger partial charge is 0.356 e. The van der Waals surface area contributed by atoms with Gasteiger partial charge in [0.2, 0.25) is 5.91 Å². The van der Waals surface area contributed by atoms with Crippen LogP contribution in [0.3, 0.4) is 0 Å². The van der Waals surface area contributed by atoms with E-state index in [1.165, 1.54) is 25.7 Å². The Morgan fingerprint density at radius 2 is 2.12 bits per heavy atom. The van der Waals surface area contributed by atoms with Gasteiger partial charge in [0.15, 0.2) is 5.96 Å². The minimum atomic E-state index is 0. The highest BCUT2D eigenvalue weighted by atomic mass is 127. The molecule has 2 fully saturated rings. The first-order chi connectivity index (χ1) is 12.0. The number of nitrogens with one attached hydrogen (secondary N) is 2. The molecule has 0 bridgehead atoms. The third-order valence-corrected chi connectivity index (χ3v) is 5.95. The van der Waals surface area contributed by atoms with E-state index in [1.807, 2.05) is 32.2 Å². The highest BCUT2D eigenvalue weighted by Gasteiger charge is 2.43. The van der Waals surface area contributed by atoms with Gasteiger partial charge < -0.3 is 15.5 Å². The summed E-state index contributed by atoms with van der Waals surface area (Å²) in [5.41, 5.74) is 2.46. The minimum Gasteiger partial charge on any atom is -0.356 e. The number of carbonyl (C=O) groups excluding carboxylic acids is 1. The summed E-state index contributed by atoms with van der Waals surface area (Å²) in [6.45, 7) is 4.77. The van der Waals surface area contributed by atoms with E-state index in [-0.39, 0.29) is 29.9 Å². The number of hydrogen-bond acceptors (Lipinski definition) is 2. The molecule has 1 aliphatic carbocycles. The van der Waals surface area contributed by atoms with E-state index in [9.17, 15) is 4.79 Å². The Morgan fingerprint density at radius 1 is 1.35 bits per heavy atom. The van der Waals surface area contributed by atoms with Crippen LogP contribution in [0.25, 0.3) is 0 Å². The van der Waals surface area contributed by atoms with Gasteiger partial charge in [0.25, 0.3) is 0 Å². The first-order valence-electron chi connectivity index (χ1n) is 9.03. The Kier molecular flexibility index (Phi) is 7.76. The van der Waals surface area contributed by atoms with Gasteiger partial charge in [-0.15, -0.1) is 24.0 Å². The van der Waals surface area contributed by atoms with Gasteiger partial charge in [-0.25, -0.2) is 0 Å². The number of nitrogens with zero attached hydrogens (tertiary/aromatic N) is 2. The van der Waals surface area contributed by atoms with Crippen LogP contribution in [0.15, 0.2) is 27.7 Å². The Hall–Kier alpha value is -0.830. The summed E-state index contributed by atoms with van der Waals surface area (Å²) < 4.78 is 1.02. The predicted octanol–water partition coefficient (Wildman–Crippen LogP) is 4.16. The van der Waals surface area contributed by atoms with E-state index in [1.54, 1.807) is 0 Å². The molecule has 3 rings (SSSR count). The van der Waals surface area contributed by atoms with Crippen molar-refractivity contribution in [2.24, 2.45) is 10.4 Å². The Morgan fingerprint density at radius 3 is 2.69 bits per heavy atom. The van der Waals surface area contributed by atoms with Crippen LogP contribution < -0.4 is 10.6 Å². The van der Waals surface area contributed by atoms with Gasteiger partial charge in [-0.05, 0) is 55.4 Å². The molecule has 1 saturated heterocycles. The van der Waals surface area contributed by atoms with Gasteiger partial charge in [-0.1, -0.05) is 22.4 Å². The van der Waals surface area contributed by atoms with Gasteiger partial charge in [-0.3, -0.25) is 9.79 Å². The van der Waals surface area contributed by atoms with E-state index >= 15 is 0 Å². The molecule has 5 nitrogen and oxygen atoms in total. The Balaban J connectivity index is 0.00000243. The number of aliphatic imine (C=N–C) groups is 1. The second-order valence-corrected chi connectivity index (χ2v) is 8.17. The SMILES string of the molecule is CN=C(NCCC(=O)Nc1ccc(Br)cc1C)N1CCC2(CCC2)C1.I. The highest BCUT2D eigenvalue weighted by molar-refractivity contribution is 14.0. The number of likely N-dealkylation sites (tertiary alicyclic amines) is 1. The molecule has 0 radical (unpaired) electrons. The number of hydrogen-bond donors (Lipinski definition) is 2. The number of amides is 1. The molecule has 1 saturated carbocycles. The fraction of sp³-hybridized carbons (Fsp3) is 0.579. The van der Waals surface area contributed by atoms with E-state index in [0.717, 1.165) is 34.8 Å². The number of benzene rings is 1. The third kappa shape index (κ3) is 5.12. The van der Waals surface area contributed by atoms with Crippen LogP contribution in [0.1, 0.15) is 37.7 Å². The van der Waals surface area contributed by atoms with Gasteiger partial charge in [0.05, 0.1) is 0 Å². The standard InChI is InChI=1S/C19H27BrN4O.HI/c1-14-12-15(20)4-5-16(14)23-17(25)6-10-22-18(21-2)24-11-9-19(13-24)7-3-8-19;/h4-5,12H,3,6-11,13H2,1-2H3,(H,21,22)(H,23,25);1H. The smallest absolute Gasteiger partial charge is 0.226 e. The first-order valence-corrected chi connectivity index (χ1v) is 9.82. The zero-order chi connectivity index (χ0) is 17.9. The number of rotatable bonds is 4. The summed E-state index contributed by atoms with van der Waals surface area (Å²) in [7, 11) is 1.82. The summed E-state index contributed by atoms with van der Waals surface area (Å²) >= 11 is 3.44. The lowest BCUT2D eigenvalue weighted by molar-refractivity contribution is -0.116. The lowest BCUT2D eigenvalue weighted by Gasteiger charge is -2.38. The van der Waals surface area contributed by atoms with E-state index in [0.29, 0.717) is 18.4 Å². The van der Waals surface area contributed by atoms with Gasteiger partial charge in [-0.2, -0.15) is 0 Å². The molecule has 1 aromatic carbocycles. The molecule has 1 heterocycles. The number of halogens is 2. The molecule has 2 N–H and O–H groups in total. The topological polar surface area (TPSA) is 56.7 Å². The van der Waals surface area contributed by atoms with E-state index in [4.69, 9.17) is 0 Å². The van der Waals surface area contributed by atoms with Crippen molar-refractivity contribution in [2.45, 2.75) is 39.0 Å². The fourth-order valence-electron chi connectivity index (χ4n) is 3.80. The quantitative estimate of drug-likeness (QED) is 0.346. The fourth-order valence-corrected chi connectivity index (χ4v) is 4.28. The summed E-state index contributed by atoms with van der Waals surface area (Å²) in [5.74, 6) is 0.946. The van der Waals surface area contributed by atoms with Crippen LogP contribution >= 0.6 is 39.9 Å². The van der Waals surface area contributed by atoms with Gasteiger partial charge in [0.1, 0.15) is 0 Å². The monoisotopic (exact) mass is 534 g/mol. The molecule has 1 aromatic rings. The molecular weight excluding hydrogens is 507 g/mol. The van der Waals surface area contributed by atoms with Crippen LogP contribution in [0.4, 0.5) is 5.69 Å². The Bertz CT molecular complexity index is 676. The lowest BCUT2D eigenvalue weighted by atomic mass is 9.68. The molecule has 0 unspecified atom stereocenters. The average molecular weight is 535 g/mol. The van der Waals surface area contributed by atoms with Crippen molar-refractivity contribution in [3.05, 3.63) is 28.2 Å². The minimum absolute atomic E-state index is 0. The van der Waals surface area contributed by atoms with Crippen LogP contribution in [-0.4, -0.2) is 43.4 Å². The van der Waals surface area contributed by atoms with Crippen molar-refractivity contribution in [3.8, 4) is 0 Å². The van der Waals surface area contributed by atoms with Crippen LogP contribution in [0, 0.1) is 12.3 Å². The van der Waals surface area contributed by atoms with Crippen molar-refractivity contribution in [2.75, 3.05) is 32.0 Å². The number of aryl methyl sites for hydroxylation is 1. The van der Waals surface area contributed by atoms with Gasteiger partial charge >= 0.3 is 0 Å². The molecule has 1 amide bonds. The average Bonchev–Trinajstić information content (AvgIpc) is 3.00. The zero-order valence-electron chi connectivity index (χ0n) is 15.5. The van der Waals surface area contributed by atoms with Crippen LogP contribution in [0.2, 0.25) is 0 Å². The summed E-state index contributed by atoms with van der Waals surface area (Å²) in [4.78, 5) is 18.9. The van der Waals surface area contributed by atoms with Crippen molar-refractivity contribution in [1.82, 2.24) is 10.2 Å². The zero-order valence-corrected chi connectivity index (χ0v) is 19.4. The van der Waals surface area contributed by atoms with Gasteiger partial charge in [0, 0.05) is 43.3 Å². The maximum Gasteiger partial charge on any atom is 0.226 e. The third-order valence-electron chi connectivity index (χ3n) is 5.46. The summed E-state index contributed by atoms with van der Waals surface area (Å²) in [5, 5.41) is 6.32. The predicted molar refractivity (Wildman–Crippen MR) is 121 cm³/mol. The molecule has 2 aliphatic rings. The van der Waals surface area contributed by atoms with Crippen molar-refractivity contribution < 1.29 is 4.79 Å². The summed E-state index contributed by atoms with van der Waals surface area (Å²) in [6.07, 6.45) is 5.78. The molecule has 1 aliphatic heterocycles. The molecule has 7 heteroatoms. The maximum absolute atomic E-state index is 12.2. The number of anilines is 1. The molecule has 0 atom stereocenters. The molecule has 1 spiro atoms. The second-order valence-electron chi connectivity index (χ2n) is 7.26. The second kappa shape index (κ2) is 9.39. The van der Waals surface area contributed by atoms with Crippen LogP contribution in [0.5, 0.6) is 0 Å². The highest BCUT2D eigenvalue weighted by Crippen LogP contribution is 2.47.